The Labute approximate surface area is 181 Å². The summed E-state index contributed by atoms with van der Waals surface area (Å²) >= 11 is 0. The van der Waals surface area contributed by atoms with Crippen molar-refractivity contribution in [3.63, 3.8) is 0 Å². The number of hydrogen-bond acceptors (Lipinski definition) is 6. The van der Waals surface area contributed by atoms with E-state index in [1.807, 2.05) is 6.07 Å². The van der Waals surface area contributed by atoms with Crippen LogP contribution in [-0.2, 0) is 30.5 Å². The van der Waals surface area contributed by atoms with Crippen molar-refractivity contribution < 1.29 is 28.7 Å². The summed E-state index contributed by atoms with van der Waals surface area (Å²) in [5, 5.41) is 4.89. The first-order valence-electron chi connectivity index (χ1n) is 9.74. The molecule has 0 saturated heterocycles. The van der Waals surface area contributed by atoms with Gasteiger partial charge in [-0.25, -0.2) is 4.79 Å². The summed E-state index contributed by atoms with van der Waals surface area (Å²) in [5.74, 6) is 0.388. The van der Waals surface area contributed by atoms with Crippen LogP contribution in [-0.4, -0.2) is 41.6 Å². The van der Waals surface area contributed by atoms with E-state index < -0.39 is 35.8 Å². The molecule has 9 nitrogen and oxygen atoms in total. The Morgan fingerprint density at radius 1 is 1.03 bits per heavy atom. The van der Waals surface area contributed by atoms with E-state index in [4.69, 9.17) is 16.9 Å². The summed E-state index contributed by atoms with van der Waals surface area (Å²) in [5.41, 5.74) is 5.90. The number of hydrogen-bond donors (Lipinski definition) is 3. The number of primary amides is 1. The van der Waals surface area contributed by atoms with Gasteiger partial charge in [0.05, 0.1) is 12.1 Å². The number of Topliss-reactive ketones (excluding diaryl/α,β-unsaturated/α-hetero) is 2. The zero-order chi connectivity index (χ0) is 23.2. The fraction of sp³-hybridized carbons (Fsp3) is 0.409. The Balaban J connectivity index is 2.61. The Morgan fingerprint density at radius 3 is 2.29 bits per heavy atom. The fourth-order valence-corrected chi connectivity index (χ4v) is 2.60. The van der Waals surface area contributed by atoms with Crippen LogP contribution in [0.5, 0.6) is 0 Å². The second-order valence-electron chi connectivity index (χ2n) is 6.87. The number of ketones is 2. The second-order valence-corrected chi connectivity index (χ2v) is 6.87. The summed E-state index contributed by atoms with van der Waals surface area (Å²) in [6.45, 7) is 1.31. The predicted octanol–water partition coefficient (Wildman–Crippen LogP) is 0.993. The molecule has 1 aromatic carbocycles. The van der Waals surface area contributed by atoms with Crippen molar-refractivity contribution in [1.29, 1.82) is 0 Å². The van der Waals surface area contributed by atoms with Crippen LogP contribution in [0.25, 0.3) is 0 Å². The molecule has 0 saturated carbocycles. The van der Waals surface area contributed by atoms with Crippen LogP contribution in [0.2, 0.25) is 0 Å². The lowest BCUT2D eigenvalue weighted by Crippen LogP contribution is -2.43. The first-order valence-corrected chi connectivity index (χ1v) is 9.74. The SMILES string of the molecule is C#CCC(NC(=O)CCC(=O)[C@H](CCC(N)=O)NC(=O)OCc1ccccc1)C(C)=O. The molecule has 1 aromatic rings. The molecule has 0 bridgehead atoms. The quantitative estimate of drug-likeness (QED) is 0.399. The molecule has 1 unspecified atom stereocenters. The molecule has 1 rings (SSSR count). The first kappa shape index (κ1) is 25.4. The van der Waals surface area contributed by atoms with Crippen molar-refractivity contribution in [3.05, 3.63) is 35.9 Å². The van der Waals surface area contributed by atoms with Crippen LogP contribution < -0.4 is 16.4 Å². The van der Waals surface area contributed by atoms with Gasteiger partial charge in [0, 0.05) is 25.7 Å². The molecular formula is C22H27N3O6. The van der Waals surface area contributed by atoms with Crippen molar-refractivity contribution in [2.75, 3.05) is 0 Å². The van der Waals surface area contributed by atoms with Crippen LogP contribution in [0.3, 0.4) is 0 Å². The van der Waals surface area contributed by atoms with Gasteiger partial charge < -0.3 is 21.1 Å². The molecule has 31 heavy (non-hydrogen) atoms. The molecule has 0 aliphatic heterocycles. The van der Waals surface area contributed by atoms with Crippen molar-refractivity contribution in [1.82, 2.24) is 10.6 Å². The predicted molar refractivity (Wildman–Crippen MR) is 112 cm³/mol. The third kappa shape index (κ3) is 10.6. The summed E-state index contributed by atoms with van der Waals surface area (Å²) in [7, 11) is 0. The molecule has 9 heteroatoms. The molecule has 166 valence electrons. The van der Waals surface area contributed by atoms with Crippen LogP contribution in [0.15, 0.2) is 30.3 Å². The Kier molecular flexibility index (Phi) is 11.1. The summed E-state index contributed by atoms with van der Waals surface area (Å²) in [4.78, 5) is 59.2. The smallest absolute Gasteiger partial charge is 0.408 e. The van der Waals surface area contributed by atoms with E-state index in [9.17, 15) is 24.0 Å². The lowest BCUT2D eigenvalue weighted by molar-refractivity contribution is -0.128. The summed E-state index contributed by atoms with van der Waals surface area (Å²) in [6, 6.07) is 7.10. The minimum atomic E-state index is -1.04. The van der Waals surface area contributed by atoms with Gasteiger partial charge in [-0.3, -0.25) is 19.2 Å². The van der Waals surface area contributed by atoms with E-state index in [-0.39, 0.29) is 44.5 Å². The number of carbonyl (C=O) groups is 5. The third-order valence-electron chi connectivity index (χ3n) is 4.32. The highest BCUT2D eigenvalue weighted by Crippen LogP contribution is 2.07. The van der Waals surface area contributed by atoms with Crippen molar-refractivity contribution in [3.8, 4) is 12.3 Å². The lowest BCUT2D eigenvalue weighted by atomic mass is 10.0. The molecule has 3 amide bonds. The highest BCUT2D eigenvalue weighted by molar-refractivity contribution is 5.92. The Hall–Kier alpha value is -3.67. The largest absolute Gasteiger partial charge is 0.445 e. The summed E-state index contributed by atoms with van der Waals surface area (Å²) in [6.07, 6.45) is 3.81. The van der Waals surface area contributed by atoms with Gasteiger partial charge in [0.2, 0.25) is 11.8 Å². The van der Waals surface area contributed by atoms with E-state index in [1.165, 1.54) is 6.92 Å². The van der Waals surface area contributed by atoms with E-state index in [1.54, 1.807) is 24.3 Å². The maximum absolute atomic E-state index is 12.5. The number of nitrogens with two attached hydrogens (primary N) is 1. The highest BCUT2D eigenvalue weighted by atomic mass is 16.5. The van der Waals surface area contributed by atoms with Crippen LogP contribution in [0.1, 0.15) is 44.6 Å². The maximum atomic E-state index is 12.5. The molecule has 0 radical (unpaired) electrons. The molecule has 0 aliphatic rings. The topological polar surface area (TPSA) is 145 Å². The molecular weight excluding hydrogens is 402 g/mol. The average Bonchev–Trinajstić information content (AvgIpc) is 2.73. The van der Waals surface area contributed by atoms with Crippen molar-refractivity contribution in [2.45, 2.75) is 57.7 Å². The number of nitrogens with one attached hydrogen (secondary N) is 2. The molecule has 4 N–H and O–H groups in total. The number of terminal acetylenes is 1. The van der Waals surface area contributed by atoms with Crippen LogP contribution in [0.4, 0.5) is 4.79 Å². The zero-order valence-corrected chi connectivity index (χ0v) is 17.4. The molecule has 0 fully saturated rings. The molecule has 0 aromatic heterocycles. The van der Waals surface area contributed by atoms with Crippen molar-refractivity contribution in [2.24, 2.45) is 5.73 Å². The number of benzene rings is 1. The number of amides is 3. The van der Waals surface area contributed by atoms with Gasteiger partial charge in [-0.15, -0.1) is 12.3 Å². The Bertz CT molecular complexity index is 831. The number of ether oxygens (including phenoxy) is 1. The standard InChI is InChI=1S/C22H27N3O6/c1-3-7-17(15(2)26)24-21(29)13-11-19(27)18(10-12-20(23)28)25-22(30)31-14-16-8-5-4-6-9-16/h1,4-6,8-9,17-18H,7,10-14H2,2H3,(H2,23,28)(H,24,29)(H,25,30)/t17?,18-/m0/s1. The molecule has 2 atom stereocenters. The molecule has 0 aliphatic carbocycles. The van der Waals surface area contributed by atoms with E-state index >= 15 is 0 Å². The van der Waals surface area contributed by atoms with Crippen LogP contribution >= 0.6 is 0 Å². The van der Waals surface area contributed by atoms with E-state index in [2.05, 4.69) is 16.6 Å². The van der Waals surface area contributed by atoms with Gasteiger partial charge in [-0.1, -0.05) is 30.3 Å². The summed E-state index contributed by atoms with van der Waals surface area (Å²) < 4.78 is 5.09. The zero-order valence-electron chi connectivity index (χ0n) is 17.4. The van der Waals surface area contributed by atoms with Crippen molar-refractivity contribution >= 4 is 29.5 Å². The number of carbonyl (C=O) groups excluding carboxylic acids is 5. The minimum absolute atomic E-state index is 0.00736. The molecule has 0 spiro atoms. The van der Waals surface area contributed by atoms with Gasteiger partial charge >= 0.3 is 6.09 Å². The Morgan fingerprint density at radius 2 is 1.71 bits per heavy atom. The van der Waals surface area contributed by atoms with E-state index in [0.29, 0.717) is 0 Å². The fourth-order valence-electron chi connectivity index (χ4n) is 2.60. The molecule has 0 heterocycles. The number of rotatable bonds is 13. The van der Waals surface area contributed by atoms with Gasteiger partial charge in [-0.05, 0) is 18.9 Å². The third-order valence-corrected chi connectivity index (χ3v) is 4.32. The van der Waals surface area contributed by atoms with E-state index in [0.717, 1.165) is 5.56 Å². The second kappa shape index (κ2) is 13.5. The lowest BCUT2D eigenvalue weighted by Gasteiger charge is -2.18. The van der Waals surface area contributed by atoms with Gasteiger partial charge in [0.25, 0.3) is 0 Å². The normalized spacial score (nSPS) is 12.0. The average molecular weight is 429 g/mol. The van der Waals surface area contributed by atoms with Crippen LogP contribution in [0, 0.1) is 12.3 Å². The highest BCUT2D eigenvalue weighted by Gasteiger charge is 2.23. The number of alkyl carbamates (subject to hydrolysis) is 1. The maximum Gasteiger partial charge on any atom is 0.408 e. The van der Waals surface area contributed by atoms with Gasteiger partial charge in [0.1, 0.15) is 6.61 Å². The van der Waals surface area contributed by atoms with Gasteiger partial charge in [-0.2, -0.15) is 0 Å². The van der Waals surface area contributed by atoms with Gasteiger partial charge in [0.15, 0.2) is 11.6 Å². The first-order chi connectivity index (χ1) is 14.7. The monoisotopic (exact) mass is 429 g/mol. The minimum Gasteiger partial charge on any atom is -0.445 e.